The lowest BCUT2D eigenvalue weighted by atomic mass is 9.72. The summed E-state index contributed by atoms with van der Waals surface area (Å²) in [7, 11) is 2.36. The molecule has 0 bridgehead atoms. The zero-order chi connectivity index (χ0) is 34.4. The number of aromatic hydroxyl groups is 2. The Balaban J connectivity index is 0.00000105. The molecule has 13 nitrogen and oxygen atoms in total. The Morgan fingerprint density at radius 2 is 1.74 bits per heavy atom. The standard InChI is InChI=1S/C31H33NO11.C2H6.CH4O/c1-13-30-17(32-7-8-40-12-20(32)43-30)9-21(41-13)42-19-11-31(38,14(2)33)10-16-23(19)29(37)25-24(27(16)35)26(34)15-5-4-6-18(39-3)22(15)28(25)36;2*1-2/h4-6,13,17,19-21,30,35,37-38H,7-12H2,1-3H3;1-2H3;2H,1H3/t13-,17-,19-,20+,21-,30+,31-;;/m0../s1. The predicted octanol–water partition coefficient (Wildman–Crippen LogP) is 2.40. The largest absolute Gasteiger partial charge is 0.507 e. The Morgan fingerprint density at radius 1 is 1.04 bits per heavy atom. The number of aliphatic hydroxyl groups is 2. The number of rotatable bonds is 4. The quantitative estimate of drug-likeness (QED) is 0.301. The van der Waals surface area contributed by atoms with Gasteiger partial charge in [0.1, 0.15) is 35.2 Å². The van der Waals surface area contributed by atoms with Crippen molar-refractivity contribution < 1.29 is 58.5 Å². The molecule has 0 radical (unpaired) electrons. The Labute approximate surface area is 272 Å². The fourth-order valence-electron chi connectivity index (χ4n) is 7.39. The number of carbonyl (C=O) groups is 3. The lowest BCUT2D eigenvalue weighted by Gasteiger charge is -2.43. The van der Waals surface area contributed by atoms with E-state index >= 15 is 0 Å². The number of fused-ring (bicyclic) bond motifs is 6. The van der Waals surface area contributed by atoms with Crippen LogP contribution in [0.2, 0.25) is 0 Å². The summed E-state index contributed by atoms with van der Waals surface area (Å²) in [5.74, 6) is -2.94. The first kappa shape index (κ1) is 34.9. The molecule has 0 saturated carbocycles. The second kappa shape index (κ2) is 13.6. The summed E-state index contributed by atoms with van der Waals surface area (Å²) >= 11 is 0. The molecule has 2 aromatic carbocycles. The molecule has 5 aliphatic rings. The van der Waals surface area contributed by atoms with Gasteiger partial charge in [0.2, 0.25) is 5.78 Å². The van der Waals surface area contributed by atoms with E-state index in [2.05, 4.69) is 4.90 Å². The summed E-state index contributed by atoms with van der Waals surface area (Å²) in [5, 5.41) is 41.7. The van der Waals surface area contributed by atoms with E-state index in [0.29, 0.717) is 26.2 Å². The Bertz CT molecular complexity index is 1560. The maximum atomic E-state index is 13.8. The van der Waals surface area contributed by atoms with Gasteiger partial charge in [0.05, 0.1) is 49.2 Å². The summed E-state index contributed by atoms with van der Waals surface area (Å²) in [5.41, 5.74) is -2.74. The van der Waals surface area contributed by atoms with E-state index in [0.717, 1.165) is 7.11 Å². The predicted molar refractivity (Wildman–Crippen MR) is 166 cm³/mol. The molecule has 7 atom stereocenters. The minimum absolute atomic E-state index is 0.0104. The highest BCUT2D eigenvalue weighted by atomic mass is 16.7. The zero-order valence-corrected chi connectivity index (χ0v) is 27.4. The molecule has 0 unspecified atom stereocenters. The van der Waals surface area contributed by atoms with Gasteiger partial charge in [0, 0.05) is 55.6 Å². The minimum Gasteiger partial charge on any atom is -0.507 e. The fourth-order valence-corrected chi connectivity index (χ4v) is 7.39. The van der Waals surface area contributed by atoms with Crippen molar-refractivity contribution in [3.8, 4) is 17.2 Å². The SMILES string of the molecule is CC.CO.COc1cccc2c1C(=O)c1c(O)c3c(c(O)c1C2=O)C[C@@](O)(C(C)=O)C[C@@H]3O[C@H]1C[C@H]2[C@H](O[C@@H]3COCCN32)[C@H](C)O1. The van der Waals surface area contributed by atoms with E-state index in [9.17, 15) is 29.7 Å². The van der Waals surface area contributed by atoms with Gasteiger partial charge in [0.15, 0.2) is 17.9 Å². The summed E-state index contributed by atoms with van der Waals surface area (Å²) in [6.45, 7) is 8.81. The topological polar surface area (TPSA) is 182 Å². The highest BCUT2D eigenvalue weighted by Crippen LogP contribution is 2.53. The number of morpholine rings is 1. The number of benzene rings is 2. The van der Waals surface area contributed by atoms with Crippen LogP contribution in [0, 0.1) is 0 Å². The van der Waals surface area contributed by atoms with Gasteiger partial charge in [-0.1, -0.05) is 26.0 Å². The molecular weight excluding hydrogens is 614 g/mol. The fraction of sp³-hybridized carbons (Fsp3) is 0.559. The van der Waals surface area contributed by atoms with E-state index in [1.54, 1.807) is 6.07 Å². The van der Waals surface area contributed by atoms with E-state index in [-0.39, 0.29) is 76.4 Å². The normalized spacial score (nSPS) is 30.6. The molecule has 13 heteroatoms. The molecular formula is C34H43NO12. The molecule has 0 aromatic heterocycles. The molecule has 3 saturated heterocycles. The first-order valence-corrected chi connectivity index (χ1v) is 15.9. The zero-order valence-electron chi connectivity index (χ0n) is 27.4. The molecule has 3 heterocycles. The van der Waals surface area contributed by atoms with Gasteiger partial charge in [-0.15, -0.1) is 0 Å². The second-order valence-electron chi connectivity index (χ2n) is 11.9. The summed E-state index contributed by atoms with van der Waals surface area (Å²) in [6.07, 6.45) is -3.00. The highest BCUT2D eigenvalue weighted by Gasteiger charge is 2.53. The van der Waals surface area contributed by atoms with Crippen molar-refractivity contribution in [1.29, 1.82) is 0 Å². The number of hydrogen-bond donors (Lipinski definition) is 4. The van der Waals surface area contributed by atoms with Crippen molar-refractivity contribution in [2.24, 2.45) is 0 Å². The van der Waals surface area contributed by atoms with Crippen molar-refractivity contribution in [2.75, 3.05) is 34.0 Å². The van der Waals surface area contributed by atoms with Crippen LogP contribution in [0.3, 0.4) is 0 Å². The number of ketones is 3. The van der Waals surface area contributed by atoms with Crippen LogP contribution in [0.4, 0.5) is 0 Å². The van der Waals surface area contributed by atoms with Gasteiger partial charge in [-0.2, -0.15) is 0 Å². The summed E-state index contributed by atoms with van der Waals surface area (Å²) in [6, 6.07) is 4.48. The maximum absolute atomic E-state index is 13.8. The first-order chi connectivity index (χ1) is 22.5. The number of hydrogen-bond acceptors (Lipinski definition) is 13. The Kier molecular flexibility index (Phi) is 10.1. The number of carbonyl (C=O) groups excluding carboxylic acids is 3. The third-order valence-electron chi connectivity index (χ3n) is 9.55. The summed E-state index contributed by atoms with van der Waals surface area (Å²) in [4.78, 5) is 42.4. The van der Waals surface area contributed by atoms with Gasteiger partial charge in [-0.05, 0) is 19.9 Å². The molecule has 7 rings (SSSR count). The van der Waals surface area contributed by atoms with Crippen LogP contribution < -0.4 is 4.74 Å². The Morgan fingerprint density at radius 3 is 2.43 bits per heavy atom. The van der Waals surface area contributed by atoms with Crippen LogP contribution in [0.25, 0.3) is 0 Å². The molecule has 47 heavy (non-hydrogen) atoms. The van der Waals surface area contributed by atoms with Crippen LogP contribution in [0.1, 0.15) is 89.6 Å². The smallest absolute Gasteiger partial charge is 0.202 e. The molecule has 2 aliphatic carbocycles. The monoisotopic (exact) mass is 657 g/mol. The molecule has 0 spiro atoms. The minimum atomic E-state index is -1.97. The van der Waals surface area contributed by atoms with Crippen LogP contribution >= 0.6 is 0 Å². The van der Waals surface area contributed by atoms with Gasteiger partial charge in [-0.3, -0.25) is 19.3 Å². The molecule has 4 N–H and O–H groups in total. The van der Waals surface area contributed by atoms with Gasteiger partial charge < -0.3 is 44.1 Å². The molecule has 3 fully saturated rings. The average molecular weight is 658 g/mol. The number of ether oxygens (including phenoxy) is 5. The van der Waals surface area contributed by atoms with Gasteiger partial charge in [-0.25, -0.2) is 0 Å². The number of aliphatic hydroxyl groups excluding tert-OH is 1. The highest BCUT2D eigenvalue weighted by molar-refractivity contribution is 6.31. The second-order valence-corrected chi connectivity index (χ2v) is 11.9. The third-order valence-corrected chi connectivity index (χ3v) is 9.55. The number of phenols is 2. The molecule has 0 amide bonds. The third kappa shape index (κ3) is 5.63. The van der Waals surface area contributed by atoms with Crippen LogP contribution in [-0.4, -0.2) is 113 Å². The van der Waals surface area contributed by atoms with Crippen molar-refractivity contribution in [3.63, 3.8) is 0 Å². The molecule has 256 valence electrons. The molecule has 3 aliphatic heterocycles. The number of phenolic OH excluding ortho intramolecular Hbond substituents is 2. The number of methoxy groups -OCH3 is 1. The summed E-state index contributed by atoms with van der Waals surface area (Å²) < 4.78 is 29.7. The van der Waals surface area contributed by atoms with Crippen molar-refractivity contribution in [3.05, 3.63) is 51.6 Å². The first-order valence-electron chi connectivity index (χ1n) is 15.9. The Hall–Kier alpha value is -3.43. The number of nitrogens with zero attached hydrogens (tertiary/aromatic N) is 1. The lowest BCUT2D eigenvalue weighted by Crippen LogP contribution is -2.53. The van der Waals surface area contributed by atoms with Crippen LogP contribution in [0.15, 0.2) is 18.2 Å². The van der Waals surface area contributed by atoms with Crippen molar-refractivity contribution in [1.82, 2.24) is 4.90 Å². The number of Topliss-reactive ketones (excluding diaryl/α,β-unsaturated/α-hetero) is 1. The molecule has 2 aromatic rings. The van der Waals surface area contributed by atoms with Gasteiger partial charge >= 0.3 is 0 Å². The van der Waals surface area contributed by atoms with E-state index in [1.165, 1.54) is 26.2 Å². The van der Waals surface area contributed by atoms with Crippen molar-refractivity contribution in [2.45, 2.75) is 89.4 Å². The van der Waals surface area contributed by atoms with Crippen LogP contribution in [0.5, 0.6) is 17.2 Å². The van der Waals surface area contributed by atoms with Gasteiger partial charge in [0.25, 0.3) is 0 Å². The van der Waals surface area contributed by atoms with Crippen molar-refractivity contribution >= 4 is 17.3 Å². The van der Waals surface area contributed by atoms with E-state index in [1.807, 2.05) is 20.8 Å². The average Bonchev–Trinajstić information content (AvgIpc) is 3.45. The lowest BCUT2D eigenvalue weighted by molar-refractivity contribution is -0.247. The maximum Gasteiger partial charge on any atom is 0.202 e. The van der Waals surface area contributed by atoms with E-state index < -0.39 is 46.8 Å². The van der Waals surface area contributed by atoms with Crippen LogP contribution in [-0.2, 0) is 30.2 Å². The van der Waals surface area contributed by atoms with E-state index in [4.69, 9.17) is 28.8 Å².